The SMILES string of the molecule is COc1n[nH]c(NC(=O)C23CC4CC(CC(C)(C4)C2)C3)n1. The van der Waals surface area contributed by atoms with Crippen molar-refractivity contribution in [1.82, 2.24) is 15.2 Å². The fourth-order valence-electron chi connectivity index (χ4n) is 5.62. The molecule has 4 aliphatic carbocycles. The zero-order valence-electron chi connectivity index (χ0n) is 12.6. The van der Waals surface area contributed by atoms with E-state index in [-0.39, 0.29) is 17.3 Å². The van der Waals surface area contributed by atoms with Gasteiger partial charge in [-0.3, -0.25) is 10.1 Å². The van der Waals surface area contributed by atoms with E-state index in [9.17, 15) is 4.79 Å². The summed E-state index contributed by atoms with van der Waals surface area (Å²) in [6, 6.07) is 0.253. The molecule has 21 heavy (non-hydrogen) atoms. The van der Waals surface area contributed by atoms with Crippen LogP contribution in [-0.2, 0) is 4.79 Å². The van der Waals surface area contributed by atoms with E-state index in [1.807, 2.05) is 0 Å². The maximum Gasteiger partial charge on any atom is 0.336 e. The highest BCUT2D eigenvalue weighted by molar-refractivity contribution is 5.94. The Morgan fingerprint density at radius 3 is 2.62 bits per heavy atom. The summed E-state index contributed by atoms with van der Waals surface area (Å²) < 4.78 is 4.94. The van der Waals surface area contributed by atoms with Gasteiger partial charge < -0.3 is 4.74 Å². The molecule has 1 amide bonds. The van der Waals surface area contributed by atoms with Crippen LogP contribution in [0.15, 0.2) is 0 Å². The Labute approximate surface area is 124 Å². The molecule has 6 nitrogen and oxygen atoms in total. The monoisotopic (exact) mass is 290 g/mol. The van der Waals surface area contributed by atoms with Gasteiger partial charge in [0.2, 0.25) is 11.9 Å². The number of methoxy groups -OCH3 is 1. The number of anilines is 1. The lowest BCUT2D eigenvalue weighted by Gasteiger charge is -2.60. The fraction of sp³-hybridized carbons (Fsp3) is 0.800. The lowest BCUT2D eigenvalue weighted by molar-refractivity contribution is -0.149. The molecular formula is C15H22N4O2. The molecule has 6 heteroatoms. The summed E-state index contributed by atoms with van der Waals surface area (Å²) in [7, 11) is 1.51. The Bertz CT molecular complexity index is 568. The number of aromatic nitrogens is 3. The molecule has 0 aliphatic heterocycles. The smallest absolute Gasteiger partial charge is 0.336 e. The van der Waals surface area contributed by atoms with Crippen molar-refractivity contribution in [2.24, 2.45) is 22.7 Å². The van der Waals surface area contributed by atoms with E-state index >= 15 is 0 Å². The fourth-order valence-corrected chi connectivity index (χ4v) is 5.62. The number of nitrogens with one attached hydrogen (secondary N) is 2. The number of hydrogen-bond acceptors (Lipinski definition) is 4. The lowest BCUT2D eigenvalue weighted by Crippen LogP contribution is -2.55. The molecular weight excluding hydrogens is 268 g/mol. The molecule has 0 spiro atoms. The van der Waals surface area contributed by atoms with Crippen molar-refractivity contribution in [1.29, 1.82) is 0 Å². The Hall–Kier alpha value is -1.59. The van der Waals surface area contributed by atoms with Gasteiger partial charge in [0.05, 0.1) is 12.5 Å². The molecule has 0 radical (unpaired) electrons. The Kier molecular flexibility index (Phi) is 2.63. The summed E-state index contributed by atoms with van der Waals surface area (Å²) in [5.41, 5.74) is 0.166. The number of nitrogens with zero attached hydrogens (tertiary/aromatic N) is 2. The maximum absolute atomic E-state index is 12.9. The number of carbonyl (C=O) groups is 1. The molecule has 0 aromatic carbocycles. The Balaban J connectivity index is 1.56. The van der Waals surface area contributed by atoms with Gasteiger partial charge in [0, 0.05) is 0 Å². The first-order valence-corrected chi connectivity index (χ1v) is 7.78. The number of hydrogen-bond donors (Lipinski definition) is 2. The van der Waals surface area contributed by atoms with E-state index in [2.05, 4.69) is 27.4 Å². The lowest BCUT2D eigenvalue weighted by atomic mass is 9.44. The van der Waals surface area contributed by atoms with Gasteiger partial charge in [0.1, 0.15) is 0 Å². The van der Waals surface area contributed by atoms with Gasteiger partial charge in [-0.15, -0.1) is 5.10 Å². The highest BCUT2D eigenvalue weighted by Gasteiger charge is 2.58. The van der Waals surface area contributed by atoms with Crippen LogP contribution in [0.5, 0.6) is 6.01 Å². The number of aromatic amines is 1. The molecule has 1 aromatic rings. The van der Waals surface area contributed by atoms with Crippen molar-refractivity contribution in [2.45, 2.75) is 45.4 Å². The minimum Gasteiger partial charge on any atom is -0.466 e. The largest absolute Gasteiger partial charge is 0.466 e. The van der Waals surface area contributed by atoms with Crippen molar-refractivity contribution < 1.29 is 9.53 Å². The van der Waals surface area contributed by atoms with Crippen LogP contribution < -0.4 is 10.1 Å². The first kappa shape index (κ1) is 13.1. The molecule has 2 N–H and O–H groups in total. The van der Waals surface area contributed by atoms with E-state index < -0.39 is 0 Å². The highest BCUT2D eigenvalue weighted by atomic mass is 16.5. The predicted octanol–water partition coefficient (Wildman–Crippen LogP) is 2.36. The molecule has 4 bridgehead atoms. The Morgan fingerprint density at radius 1 is 1.33 bits per heavy atom. The van der Waals surface area contributed by atoms with Gasteiger partial charge in [-0.05, 0) is 55.8 Å². The second kappa shape index (κ2) is 4.21. The number of amides is 1. The van der Waals surface area contributed by atoms with Crippen LogP contribution in [0.3, 0.4) is 0 Å². The van der Waals surface area contributed by atoms with Crippen molar-refractivity contribution in [3.63, 3.8) is 0 Å². The number of ether oxygens (including phenoxy) is 1. The van der Waals surface area contributed by atoms with E-state index in [0.717, 1.165) is 31.1 Å². The van der Waals surface area contributed by atoms with Crippen molar-refractivity contribution in [3.8, 4) is 6.01 Å². The van der Waals surface area contributed by atoms with Crippen molar-refractivity contribution in [3.05, 3.63) is 0 Å². The third-order valence-corrected chi connectivity index (χ3v) is 5.71. The van der Waals surface area contributed by atoms with Crippen molar-refractivity contribution in [2.75, 3.05) is 12.4 Å². The average molecular weight is 290 g/mol. The van der Waals surface area contributed by atoms with Crippen LogP contribution in [0.2, 0.25) is 0 Å². The van der Waals surface area contributed by atoms with E-state index in [4.69, 9.17) is 4.74 Å². The zero-order valence-corrected chi connectivity index (χ0v) is 12.6. The van der Waals surface area contributed by atoms with Crippen LogP contribution in [-0.4, -0.2) is 28.2 Å². The molecule has 5 rings (SSSR count). The minimum absolute atomic E-state index is 0.113. The molecule has 4 saturated carbocycles. The Morgan fingerprint density at radius 2 is 2.05 bits per heavy atom. The average Bonchev–Trinajstić information content (AvgIpc) is 2.83. The third-order valence-electron chi connectivity index (χ3n) is 5.71. The van der Waals surface area contributed by atoms with E-state index in [1.54, 1.807) is 0 Å². The topological polar surface area (TPSA) is 79.9 Å². The summed E-state index contributed by atoms with van der Waals surface area (Å²) in [4.78, 5) is 17.0. The van der Waals surface area contributed by atoms with Gasteiger partial charge in [0.25, 0.3) is 0 Å². The number of carbonyl (C=O) groups excluding carboxylic acids is 1. The zero-order chi connectivity index (χ0) is 14.7. The molecule has 1 heterocycles. The van der Waals surface area contributed by atoms with E-state index in [1.165, 1.54) is 26.4 Å². The molecule has 2 unspecified atom stereocenters. The second-order valence-corrected chi connectivity index (χ2v) is 7.68. The first-order valence-electron chi connectivity index (χ1n) is 7.78. The predicted molar refractivity (Wildman–Crippen MR) is 76.8 cm³/mol. The number of H-pyrrole nitrogens is 1. The van der Waals surface area contributed by atoms with Gasteiger partial charge in [-0.1, -0.05) is 6.92 Å². The van der Waals surface area contributed by atoms with Crippen LogP contribution in [0.1, 0.15) is 45.4 Å². The minimum atomic E-state index is -0.196. The first-order chi connectivity index (χ1) is 10.0. The summed E-state index contributed by atoms with van der Waals surface area (Å²) in [6.07, 6.45) is 7.01. The highest BCUT2D eigenvalue weighted by Crippen LogP contribution is 2.65. The van der Waals surface area contributed by atoms with Gasteiger partial charge in [0.15, 0.2) is 0 Å². The van der Waals surface area contributed by atoms with Gasteiger partial charge >= 0.3 is 6.01 Å². The molecule has 4 fully saturated rings. The normalized spacial score (nSPS) is 40.3. The molecule has 2 atom stereocenters. The summed E-state index contributed by atoms with van der Waals surface area (Å²) in [6.45, 7) is 2.37. The summed E-state index contributed by atoms with van der Waals surface area (Å²) in [5, 5.41) is 9.51. The summed E-state index contributed by atoms with van der Waals surface area (Å²) in [5.74, 6) is 1.96. The quantitative estimate of drug-likeness (QED) is 0.895. The molecule has 114 valence electrons. The summed E-state index contributed by atoms with van der Waals surface area (Å²) >= 11 is 0. The number of rotatable bonds is 3. The van der Waals surface area contributed by atoms with Gasteiger partial charge in [-0.2, -0.15) is 4.98 Å². The second-order valence-electron chi connectivity index (χ2n) is 7.68. The van der Waals surface area contributed by atoms with Crippen LogP contribution in [0, 0.1) is 22.7 Å². The molecule has 0 saturated heterocycles. The standard InChI is InChI=1S/C15H22N4O2/c1-14-4-9-3-10(5-14)7-15(6-9,8-14)11(20)16-12-17-13(21-2)19-18-12/h9-10H,3-8H2,1-2H3,(H2,16,17,18,19,20). The van der Waals surface area contributed by atoms with Gasteiger partial charge in [-0.25, -0.2) is 5.10 Å². The van der Waals surface area contributed by atoms with Crippen LogP contribution >= 0.6 is 0 Å². The van der Waals surface area contributed by atoms with Crippen LogP contribution in [0.25, 0.3) is 0 Å². The molecule has 4 aliphatic rings. The van der Waals surface area contributed by atoms with Crippen LogP contribution in [0.4, 0.5) is 5.95 Å². The van der Waals surface area contributed by atoms with Crippen molar-refractivity contribution >= 4 is 11.9 Å². The third kappa shape index (κ3) is 2.03. The molecule has 1 aromatic heterocycles. The maximum atomic E-state index is 12.9. The van der Waals surface area contributed by atoms with E-state index in [0.29, 0.717) is 11.4 Å².